The number of rotatable bonds is 2. The van der Waals surface area contributed by atoms with E-state index in [1.165, 1.54) is 0 Å². The van der Waals surface area contributed by atoms with Gasteiger partial charge in [-0.1, -0.05) is 0 Å². The highest BCUT2D eigenvalue weighted by atomic mass is 16.1. The monoisotopic (exact) mass is 142 g/mol. The van der Waals surface area contributed by atoms with Gasteiger partial charge < -0.3 is 15.0 Å². The normalized spacial score (nSPS) is 28.3. The molecule has 0 aromatic heterocycles. The van der Waals surface area contributed by atoms with Crippen molar-refractivity contribution >= 4 is 6.29 Å². The van der Waals surface area contributed by atoms with Crippen LogP contribution >= 0.6 is 0 Å². The smallest absolute Gasteiger partial charge is 0.121 e. The van der Waals surface area contributed by atoms with Crippen molar-refractivity contribution in [1.82, 2.24) is 10.2 Å². The van der Waals surface area contributed by atoms with E-state index in [0.717, 1.165) is 25.9 Å². The predicted molar refractivity (Wildman–Crippen MR) is 40.0 cm³/mol. The Balaban J connectivity index is 2.32. The fraction of sp³-hybridized carbons (Fsp3) is 0.857. The molecule has 1 unspecified atom stereocenters. The molecule has 3 heteroatoms. The number of nitrogens with zero attached hydrogens (tertiary/aromatic N) is 1. The lowest BCUT2D eigenvalue weighted by atomic mass is 10.1. The second kappa shape index (κ2) is 3.68. The van der Waals surface area contributed by atoms with E-state index < -0.39 is 0 Å². The molecule has 1 atom stereocenters. The van der Waals surface area contributed by atoms with Gasteiger partial charge in [0.25, 0.3) is 0 Å². The molecule has 0 bridgehead atoms. The molecule has 1 saturated heterocycles. The molecule has 0 aromatic rings. The molecule has 1 aliphatic rings. The lowest BCUT2D eigenvalue weighted by Crippen LogP contribution is -2.49. The topological polar surface area (TPSA) is 32.3 Å². The fourth-order valence-electron chi connectivity index (χ4n) is 1.24. The molecular weight excluding hydrogens is 128 g/mol. The number of nitrogens with one attached hydrogen (secondary N) is 1. The molecule has 0 saturated carbocycles. The Morgan fingerprint density at radius 2 is 2.60 bits per heavy atom. The predicted octanol–water partition coefficient (Wildman–Crippen LogP) is -0.521. The van der Waals surface area contributed by atoms with Crippen molar-refractivity contribution in [2.24, 2.45) is 0 Å². The first-order valence-corrected chi connectivity index (χ1v) is 3.69. The van der Waals surface area contributed by atoms with Crippen LogP contribution in [0.4, 0.5) is 0 Å². The quantitative estimate of drug-likeness (QED) is 0.526. The van der Waals surface area contributed by atoms with Crippen LogP contribution in [0.25, 0.3) is 0 Å². The van der Waals surface area contributed by atoms with Crippen LogP contribution in [-0.2, 0) is 4.79 Å². The third-order valence-electron chi connectivity index (χ3n) is 2.01. The van der Waals surface area contributed by atoms with E-state index in [-0.39, 0.29) is 0 Å². The summed E-state index contributed by atoms with van der Waals surface area (Å²) in [7, 11) is 2.06. The minimum absolute atomic E-state index is 0.422. The number of carbonyl (C=O) groups excluding carboxylic acids is 1. The van der Waals surface area contributed by atoms with Crippen molar-refractivity contribution in [3.8, 4) is 0 Å². The highest BCUT2D eigenvalue weighted by Gasteiger charge is 2.16. The molecule has 1 aliphatic heterocycles. The molecule has 1 heterocycles. The van der Waals surface area contributed by atoms with Crippen LogP contribution in [0.3, 0.4) is 0 Å². The lowest BCUT2D eigenvalue weighted by Gasteiger charge is -2.31. The first-order valence-electron chi connectivity index (χ1n) is 3.69. The van der Waals surface area contributed by atoms with Crippen LogP contribution in [0, 0.1) is 0 Å². The summed E-state index contributed by atoms with van der Waals surface area (Å²) in [5.74, 6) is 0. The Labute approximate surface area is 61.4 Å². The van der Waals surface area contributed by atoms with Gasteiger partial charge in [0.2, 0.25) is 0 Å². The zero-order valence-corrected chi connectivity index (χ0v) is 6.34. The van der Waals surface area contributed by atoms with Gasteiger partial charge >= 0.3 is 0 Å². The molecule has 1 N–H and O–H groups in total. The summed E-state index contributed by atoms with van der Waals surface area (Å²) in [5, 5.41) is 3.25. The molecule has 0 aliphatic carbocycles. The molecule has 3 nitrogen and oxygen atoms in total. The summed E-state index contributed by atoms with van der Waals surface area (Å²) < 4.78 is 0. The molecule has 1 fully saturated rings. The summed E-state index contributed by atoms with van der Waals surface area (Å²) >= 11 is 0. The van der Waals surface area contributed by atoms with Crippen molar-refractivity contribution in [2.45, 2.75) is 12.5 Å². The zero-order chi connectivity index (χ0) is 7.40. The van der Waals surface area contributed by atoms with Crippen molar-refractivity contribution in [3.63, 3.8) is 0 Å². The van der Waals surface area contributed by atoms with E-state index in [1.807, 2.05) is 0 Å². The summed E-state index contributed by atoms with van der Waals surface area (Å²) in [6.45, 7) is 3.06. The van der Waals surface area contributed by atoms with Crippen LogP contribution in [0.5, 0.6) is 0 Å². The minimum atomic E-state index is 0.422. The van der Waals surface area contributed by atoms with Crippen molar-refractivity contribution in [2.75, 3.05) is 26.7 Å². The third-order valence-corrected chi connectivity index (χ3v) is 2.01. The highest BCUT2D eigenvalue weighted by molar-refractivity contribution is 5.50. The van der Waals surface area contributed by atoms with E-state index in [1.54, 1.807) is 0 Å². The number of carbonyl (C=O) groups is 1. The van der Waals surface area contributed by atoms with Gasteiger partial charge in [-0.15, -0.1) is 0 Å². The van der Waals surface area contributed by atoms with Crippen LogP contribution in [0.15, 0.2) is 0 Å². The minimum Gasteiger partial charge on any atom is -0.314 e. The summed E-state index contributed by atoms with van der Waals surface area (Å²) in [6.07, 6.45) is 1.65. The summed E-state index contributed by atoms with van der Waals surface area (Å²) in [6, 6.07) is 0.422. The lowest BCUT2D eigenvalue weighted by molar-refractivity contribution is -0.108. The van der Waals surface area contributed by atoms with Gasteiger partial charge in [0.15, 0.2) is 0 Å². The van der Waals surface area contributed by atoms with Gasteiger partial charge in [-0.05, 0) is 7.05 Å². The maximum atomic E-state index is 10.2. The fourth-order valence-corrected chi connectivity index (χ4v) is 1.24. The number of aldehydes is 1. The number of hydrogen-bond acceptors (Lipinski definition) is 3. The zero-order valence-electron chi connectivity index (χ0n) is 6.34. The summed E-state index contributed by atoms with van der Waals surface area (Å²) in [5.41, 5.74) is 0. The molecule has 1 rings (SSSR count). The van der Waals surface area contributed by atoms with E-state index in [2.05, 4.69) is 17.3 Å². The number of piperazine rings is 1. The number of likely N-dealkylation sites (N-methyl/N-ethyl adjacent to an activating group) is 1. The first-order chi connectivity index (χ1) is 4.84. The van der Waals surface area contributed by atoms with Crippen molar-refractivity contribution < 1.29 is 4.79 Å². The van der Waals surface area contributed by atoms with Crippen molar-refractivity contribution in [3.05, 3.63) is 0 Å². The van der Waals surface area contributed by atoms with Crippen molar-refractivity contribution in [1.29, 1.82) is 0 Å². The van der Waals surface area contributed by atoms with Gasteiger partial charge in [-0.2, -0.15) is 0 Å². The molecule has 0 radical (unpaired) electrons. The van der Waals surface area contributed by atoms with Gasteiger partial charge in [0.1, 0.15) is 6.29 Å². The van der Waals surface area contributed by atoms with Crippen LogP contribution < -0.4 is 5.32 Å². The molecule has 10 heavy (non-hydrogen) atoms. The average Bonchev–Trinajstić information content (AvgIpc) is 1.94. The molecule has 0 spiro atoms. The van der Waals surface area contributed by atoms with E-state index in [4.69, 9.17) is 0 Å². The maximum Gasteiger partial charge on any atom is 0.121 e. The first kappa shape index (κ1) is 7.69. The van der Waals surface area contributed by atoms with E-state index in [0.29, 0.717) is 12.5 Å². The maximum absolute atomic E-state index is 10.2. The Morgan fingerprint density at radius 1 is 1.80 bits per heavy atom. The average molecular weight is 142 g/mol. The largest absolute Gasteiger partial charge is 0.314 e. The van der Waals surface area contributed by atoms with Gasteiger partial charge in [-0.3, -0.25) is 0 Å². The van der Waals surface area contributed by atoms with Crippen LogP contribution in [0.2, 0.25) is 0 Å². The molecule has 58 valence electrons. The summed E-state index contributed by atoms with van der Waals surface area (Å²) in [4.78, 5) is 12.4. The molecule has 0 amide bonds. The molecular formula is C7H14N2O. The van der Waals surface area contributed by atoms with E-state index >= 15 is 0 Å². The highest BCUT2D eigenvalue weighted by Crippen LogP contribution is 2.01. The van der Waals surface area contributed by atoms with Crippen LogP contribution in [-0.4, -0.2) is 43.9 Å². The van der Waals surface area contributed by atoms with Gasteiger partial charge in [-0.25, -0.2) is 0 Å². The molecule has 0 aromatic carbocycles. The Hall–Kier alpha value is -0.410. The second-order valence-corrected chi connectivity index (χ2v) is 2.74. The third kappa shape index (κ3) is 1.78. The Kier molecular flexibility index (Phi) is 2.83. The number of hydrogen-bond donors (Lipinski definition) is 1. The Bertz CT molecular complexity index is 116. The SMILES string of the molecule is CN1CCNCC1CC=O. The standard InChI is InChI=1S/C7H14N2O/c1-9-4-3-8-6-7(9)2-5-10/h5,7-8H,2-4,6H2,1H3. The van der Waals surface area contributed by atoms with E-state index in [9.17, 15) is 4.79 Å². The van der Waals surface area contributed by atoms with Crippen LogP contribution in [0.1, 0.15) is 6.42 Å². The second-order valence-electron chi connectivity index (χ2n) is 2.74. The van der Waals surface area contributed by atoms with Gasteiger partial charge in [0.05, 0.1) is 0 Å². The Morgan fingerprint density at radius 3 is 3.20 bits per heavy atom. The van der Waals surface area contributed by atoms with Gasteiger partial charge in [0, 0.05) is 32.1 Å².